The second-order valence-corrected chi connectivity index (χ2v) is 5.91. The van der Waals surface area contributed by atoms with Crippen molar-refractivity contribution in [3.05, 3.63) is 70.2 Å². The Labute approximate surface area is 160 Å². The van der Waals surface area contributed by atoms with Crippen LogP contribution < -0.4 is 5.32 Å². The Morgan fingerprint density at radius 1 is 1.36 bits per heavy atom. The van der Waals surface area contributed by atoms with Gasteiger partial charge in [-0.05, 0) is 30.7 Å². The number of nitro benzene ring substituents is 1. The Hall–Kier alpha value is -3.59. The lowest BCUT2D eigenvalue weighted by atomic mass is 9.96. The number of hydrogen-bond donors (Lipinski definition) is 2. The molecule has 3 aromatic rings. The van der Waals surface area contributed by atoms with Crippen LogP contribution in [0.5, 0.6) is 5.75 Å². The predicted molar refractivity (Wildman–Crippen MR) is 101 cm³/mol. The molecule has 0 radical (unpaired) electrons. The zero-order chi connectivity index (χ0) is 20.1. The van der Waals surface area contributed by atoms with Crippen LogP contribution in [0.2, 0.25) is 0 Å². The number of ether oxygens (including phenoxy) is 1. The minimum Gasteiger partial charge on any atom is -0.505 e. The van der Waals surface area contributed by atoms with Gasteiger partial charge in [0.1, 0.15) is 17.9 Å². The van der Waals surface area contributed by atoms with E-state index in [2.05, 4.69) is 15.3 Å². The molecular formula is C19H18N4O5. The normalized spacial score (nSPS) is 11.9. The van der Waals surface area contributed by atoms with Crippen LogP contribution in [0, 0.1) is 10.1 Å². The summed E-state index contributed by atoms with van der Waals surface area (Å²) < 4.78 is 5.12. The van der Waals surface area contributed by atoms with Gasteiger partial charge in [-0.1, -0.05) is 6.07 Å². The van der Waals surface area contributed by atoms with Gasteiger partial charge in [-0.2, -0.15) is 0 Å². The van der Waals surface area contributed by atoms with E-state index in [1.165, 1.54) is 24.5 Å². The van der Waals surface area contributed by atoms with Crippen molar-refractivity contribution >= 4 is 22.5 Å². The highest BCUT2D eigenvalue weighted by atomic mass is 16.6. The van der Waals surface area contributed by atoms with Crippen LogP contribution in [0.1, 0.15) is 24.1 Å². The standard InChI is InChI=1S/C19H18N4O5/c1-2-28-11-16(24)22-17(12-5-3-7-20-10-12)14-9-15(23(26)27)13-6-4-8-21-18(13)19(14)25/h3-10,17,25H,2,11H2,1H3,(H,22,24). The lowest BCUT2D eigenvalue weighted by Gasteiger charge is -2.21. The Balaban J connectivity index is 2.16. The highest BCUT2D eigenvalue weighted by Gasteiger charge is 2.27. The highest BCUT2D eigenvalue weighted by Crippen LogP contribution is 2.39. The van der Waals surface area contributed by atoms with Gasteiger partial charge in [0.05, 0.1) is 16.4 Å². The van der Waals surface area contributed by atoms with Crippen LogP contribution in [-0.4, -0.2) is 39.1 Å². The van der Waals surface area contributed by atoms with Gasteiger partial charge in [-0.15, -0.1) is 0 Å². The van der Waals surface area contributed by atoms with Crippen molar-refractivity contribution in [3.63, 3.8) is 0 Å². The molecule has 0 aliphatic rings. The summed E-state index contributed by atoms with van der Waals surface area (Å²) in [4.78, 5) is 31.4. The van der Waals surface area contributed by atoms with E-state index in [9.17, 15) is 20.0 Å². The highest BCUT2D eigenvalue weighted by molar-refractivity contribution is 5.94. The number of fused-ring (bicyclic) bond motifs is 1. The Kier molecular flexibility index (Phi) is 5.75. The van der Waals surface area contributed by atoms with Crippen LogP contribution >= 0.6 is 0 Å². The number of non-ortho nitro benzene ring substituents is 1. The lowest BCUT2D eigenvalue weighted by molar-refractivity contribution is -0.383. The number of pyridine rings is 2. The maximum Gasteiger partial charge on any atom is 0.279 e. The summed E-state index contributed by atoms with van der Waals surface area (Å²) in [5.41, 5.74) is 0.562. The van der Waals surface area contributed by atoms with Gasteiger partial charge in [-0.3, -0.25) is 24.9 Å². The molecule has 144 valence electrons. The first-order valence-electron chi connectivity index (χ1n) is 8.55. The van der Waals surface area contributed by atoms with Gasteiger partial charge in [-0.25, -0.2) is 0 Å². The third kappa shape index (κ3) is 3.89. The molecule has 0 aliphatic heterocycles. The molecule has 28 heavy (non-hydrogen) atoms. The molecule has 1 aromatic carbocycles. The molecule has 0 bridgehead atoms. The number of nitrogens with one attached hydrogen (secondary N) is 1. The van der Waals surface area contributed by atoms with Gasteiger partial charge < -0.3 is 15.2 Å². The van der Waals surface area contributed by atoms with Crippen molar-refractivity contribution in [3.8, 4) is 5.75 Å². The van der Waals surface area contributed by atoms with E-state index in [0.29, 0.717) is 12.2 Å². The Morgan fingerprint density at radius 3 is 2.82 bits per heavy atom. The summed E-state index contributed by atoms with van der Waals surface area (Å²) in [7, 11) is 0. The van der Waals surface area contributed by atoms with E-state index in [0.717, 1.165) is 0 Å². The number of phenols is 1. The summed E-state index contributed by atoms with van der Waals surface area (Å²) in [6, 6.07) is 6.81. The fraction of sp³-hybridized carbons (Fsp3) is 0.211. The largest absolute Gasteiger partial charge is 0.505 e. The number of aromatic nitrogens is 2. The number of amides is 1. The smallest absolute Gasteiger partial charge is 0.279 e. The van der Waals surface area contributed by atoms with E-state index in [1.807, 2.05) is 0 Å². The number of nitrogens with zero attached hydrogens (tertiary/aromatic N) is 3. The summed E-state index contributed by atoms with van der Waals surface area (Å²) in [6.07, 6.45) is 4.51. The van der Waals surface area contributed by atoms with E-state index < -0.39 is 16.9 Å². The fourth-order valence-corrected chi connectivity index (χ4v) is 2.89. The molecule has 0 spiro atoms. The molecule has 1 amide bonds. The quantitative estimate of drug-likeness (QED) is 0.474. The summed E-state index contributed by atoms with van der Waals surface area (Å²) in [5.74, 6) is -0.675. The van der Waals surface area contributed by atoms with Crippen LogP contribution in [-0.2, 0) is 9.53 Å². The average molecular weight is 382 g/mol. The first-order chi connectivity index (χ1) is 13.5. The maximum absolute atomic E-state index is 12.3. The molecule has 1 atom stereocenters. The molecule has 3 rings (SSSR count). The Bertz CT molecular complexity index is 1010. The molecule has 2 heterocycles. The molecular weight excluding hydrogens is 364 g/mol. The number of hydrogen-bond acceptors (Lipinski definition) is 7. The summed E-state index contributed by atoms with van der Waals surface area (Å²) >= 11 is 0. The number of benzene rings is 1. The van der Waals surface area contributed by atoms with E-state index in [1.54, 1.807) is 31.3 Å². The minimum atomic E-state index is -0.869. The summed E-state index contributed by atoms with van der Waals surface area (Å²) in [6.45, 7) is 1.94. The van der Waals surface area contributed by atoms with Crippen molar-refractivity contribution in [1.29, 1.82) is 0 Å². The van der Waals surface area contributed by atoms with Crippen LogP contribution in [0.25, 0.3) is 10.9 Å². The third-order valence-corrected chi connectivity index (χ3v) is 4.14. The molecule has 1 unspecified atom stereocenters. The number of rotatable bonds is 7. The molecule has 0 fully saturated rings. The molecule has 0 saturated carbocycles. The summed E-state index contributed by atoms with van der Waals surface area (Å²) in [5, 5.41) is 25.3. The molecule has 2 N–H and O–H groups in total. The number of phenolic OH excluding ortho intramolecular Hbond substituents is 1. The van der Waals surface area contributed by atoms with Crippen LogP contribution in [0.4, 0.5) is 5.69 Å². The van der Waals surface area contributed by atoms with Crippen molar-refractivity contribution in [2.24, 2.45) is 0 Å². The first-order valence-corrected chi connectivity index (χ1v) is 8.55. The van der Waals surface area contributed by atoms with Gasteiger partial charge in [0, 0.05) is 36.8 Å². The predicted octanol–water partition coefficient (Wildman–Crippen LogP) is 2.49. The lowest BCUT2D eigenvalue weighted by Crippen LogP contribution is -2.32. The first kappa shape index (κ1) is 19.2. The third-order valence-electron chi connectivity index (χ3n) is 4.14. The number of carbonyl (C=O) groups is 1. The van der Waals surface area contributed by atoms with E-state index >= 15 is 0 Å². The van der Waals surface area contributed by atoms with Gasteiger partial charge >= 0.3 is 0 Å². The van der Waals surface area contributed by atoms with Gasteiger partial charge in [0.2, 0.25) is 5.91 Å². The van der Waals surface area contributed by atoms with E-state index in [4.69, 9.17) is 4.74 Å². The van der Waals surface area contributed by atoms with Crippen molar-refractivity contribution in [2.45, 2.75) is 13.0 Å². The SMILES string of the molecule is CCOCC(=O)NC(c1cccnc1)c1cc([N+](=O)[O-])c2cccnc2c1O. The fourth-order valence-electron chi connectivity index (χ4n) is 2.89. The minimum absolute atomic E-state index is 0.0830. The monoisotopic (exact) mass is 382 g/mol. The van der Waals surface area contributed by atoms with Crippen molar-refractivity contribution in [1.82, 2.24) is 15.3 Å². The number of aromatic hydroxyl groups is 1. The van der Waals surface area contributed by atoms with Gasteiger partial charge in [0.25, 0.3) is 5.69 Å². The molecule has 9 heteroatoms. The van der Waals surface area contributed by atoms with E-state index in [-0.39, 0.29) is 34.5 Å². The number of carbonyl (C=O) groups excluding carboxylic acids is 1. The molecule has 0 saturated heterocycles. The second kappa shape index (κ2) is 8.40. The molecule has 9 nitrogen and oxygen atoms in total. The van der Waals surface area contributed by atoms with Crippen molar-refractivity contribution in [2.75, 3.05) is 13.2 Å². The van der Waals surface area contributed by atoms with Crippen LogP contribution in [0.15, 0.2) is 48.9 Å². The van der Waals surface area contributed by atoms with Crippen molar-refractivity contribution < 1.29 is 19.6 Å². The Morgan fingerprint density at radius 2 is 2.14 bits per heavy atom. The average Bonchev–Trinajstić information content (AvgIpc) is 2.71. The maximum atomic E-state index is 12.3. The van der Waals surface area contributed by atoms with Gasteiger partial charge in [0.15, 0.2) is 0 Å². The molecule has 2 aromatic heterocycles. The second-order valence-electron chi connectivity index (χ2n) is 5.91. The molecule has 0 aliphatic carbocycles. The zero-order valence-electron chi connectivity index (χ0n) is 15.0. The zero-order valence-corrected chi connectivity index (χ0v) is 15.0. The topological polar surface area (TPSA) is 127 Å². The number of nitro groups is 1. The van der Waals surface area contributed by atoms with Crippen LogP contribution in [0.3, 0.4) is 0 Å².